The predicted molar refractivity (Wildman–Crippen MR) is 103 cm³/mol. The van der Waals surface area contributed by atoms with E-state index in [0.717, 1.165) is 8.96 Å². The minimum atomic E-state index is -4.04. The maximum atomic E-state index is 15.2. The standard InChI is InChI=1S/C16H10BBr2ClF2N2O/c1-25-12-4-2-3-9(16(12)20)15-10-5-7-13(18)23(10)17(21,22)24-11(15)6-8-14(24)19/h2-8H,1H3. The molecule has 25 heavy (non-hydrogen) atoms. The molecular weight excluding hydrogens is 480 g/mol. The summed E-state index contributed by atoms with van der Waals surface area (Å²) in [5.41, 5.74) is 2.04. The Morgan fingerprint density at radius 2 is 1.92 bits per heavy atom. The number of halogens is 5. The predicted octanol–water partition coefficient (Wildman–Crippen LogP) is 5.28. The van der Waals surface area contributed by atoms with Crippen LogP contribution in [0.4, 0.5) is 8.63 Å². The van der Waals surface area contributed by atoms with Gasteiger partial charge in [-0.25, -0.2) is 0 Å². The van der Waals surface area contributed by atoms with Gasteiger partial charge in [0, 0.05) is 39.3 Å². The van der Waals surface area contributed by atoms with Crippen molar-refractivity contribution in [1.82, 2.24) is 4.48 Å². The number of rotatable bonds is 2. The van der Waals surface area contributed by atoms with Crippen molar-refractivity contribution < 1.29 is 17.9 Å². The van der Waals surface area contributed by atoms with E-state index in [1.54, 1.807) is 42.5 Å². The molecule has 0 unspecified atom stereocenters. The first-order valence-electron chi connectivity index (χ1n) is 7.34. The normalized spacial score (nSPS) is 17.8. The lowest BCUT2D eigenvalue weighted by Crippen LogP contribution is -2.50. The Hall–Kier alpha value is -1.38. The topological polar surface area (TPSA) is 17.2 Å². The van der Waals surface area contributed by atoms with Crippen molar-refractivity contribution in [1.29, 1.82) is 0 Å². The number of allylic oxidation sites excluding steroid dienone is 2. The molecule has 0 spiro atoms. The molecule has 0 amide bonds. The highest BCUT2D eigenvalue weighted by Crippen LogP contribution is 2.45. The molecular formula is C16H10BBr2ClF2N2O. The molecule has 0 saturated heterocycles. The molecule has 2 aliphatic rings. The van der Waals surface area contributed by atoms with Crippen LogP contribution in [0.2, 0.25) is 5.02 Å². The molecule has 0 radical (unpaired) electrons. The molecule has 128 valence electrons. The van der Waals surface area contributed by atoms with E-state index in [2.05, 4.69) is 31.9 Å². The molecule has 3 heterocycles. The van der Waals surface area contributed by atoms with Crippen molar-refractivity contribution in [3.8, 4) is 5.75 Å². The first-order chi connectivity index (χ1) is 11.9. The van der Waals surface area contributed by atoms with Crippen LogP contribution >= 0.6 is 43.5 Å². The summed E-state index contributed by atoms with van der Waals surface area (Å²) in [5.74, 6) is 0.490. The van der Waals surface area contributed by atoms with Crippen LogP contribution < -0.4 is 4.74 Å². The van der Waals surface area contributed by atoms with Crippen LogP contribution in [0.5, 0.6) is 5.75 Å². The Bertz CT molecular complexity index is 1010. The van der Waals surface area contributed by atoms with Crippen molar-refractivity contribution in [2.45, 2.75) is 0 Å². The highest BCUT2D eigenvalue weighted by molar-refractivity contribution is 9.18. The highest BCUT2D eigenvalue weighted by atomic mass is 79.9. The summed E-state index contributed by atoms with van der Waals surface area (Å²) in [6, 6.07) is 8.59. The van der Waals surface area contributed by atoms with Gasteiger partial charge in [0.25, 0.3) is 0 Å². The van der Waals surface area contributed by atoms with Gasteiger partial charge in [0.1, 0.15) is 5.75 Å². The minimum Gasteiger partial charge on any atom is -0.495 e. The third-order valence-electron chi connectivity index (χ3n) is 4.32. The molecule has 0 aliphatic carbocycles. The van der Waals surface area contributed by atoms with Crippen LogP contribution in [0.1, 0.15) is 11.3 Å². The zero-order valence-electron chi connectivity index (χ0n) is 12.8. The van der Waals surface area contributed by atoms with E-state index < -0.39 is 6.97 Å². The van der Waals surface area contributed by atoms with Crippen LogP contribution in [0, 0.1) is 0 Å². The minimum absolute atomic E-state index is 0.301. The van der Waals surface area contributed by atoms with Crippen molar-refractivity contribution in [3.05, 3.63) is 69.1 Å². The summed E-state index contributed by atoms with van der Waals surface area (Å²) in [6.45, 7) is -4.04. The first-order valence-corrected chi connectivity index (χ1v) is 9.31. The molecule has 1 aromatic carbocycles. The summed E-state index contributed by atoms with van der Waals surface area (Å²) >= 11 is 13.0. The fourth-order valence-electron chi connectivity index (χ4n) is 3.27. The maximum absolute atomic E-state index is 15.2. The van der Waals surface area contributed by atoms with E-state index >= 15 is 8.63 Å². The number of ether oxygens (including phenoxy) is 1. The third kappa shape index (κ3) is 2.30. The van der Waals surface area contributed by atoms with Crippen molar-refractivity contribution in [2.75, 3.05) is 7.11 Å². The molecule has 2 aromatic rings. The van der Waals surface area contributed by atoms with Crippen LogP contribution in [0.3, 0.4) is 0 Å². The summed E-state index contributed by atoms with van der Waals surface area (Å²) in [6.07, 6.45) is 3.27. The maximum Gasteiger partial charge on any atom is 0.738 e. The smallest absolute Gasteiger partial charge is 0.495 e. The number of methoxy groups -OCH3 is 1. The quantitative estimate of drug-likeness (QED) is 0.524. The van der Waals surface area contributed by atoms with Crippen LogP contribution in [0.25, 0.3) is 5.57 Å². The number of nitrogens with zero attached hydrogens (tertiary/aromatic N) is 2. The molecule has 1 aromatic heterocycles. The van der Waals surface area contributed by atoms with Gasteiger partial charge in [0.05, 0.1) is 22.3 Å². The Kier molecular flexibility index (Phi) is 3.97. The van der Waals surface area contributed by atoms with Crippen LogP contribution in [0.15, 0.2) is 52.8 Å². The third-order valence-corrected chi connectivity index (χ3v) is 6.01. The summed E-state index contributed by atoms with van der Waals surface area (Å²) in [5, 5.41) is 0.380. The Balaban J connectivity index is 2.12. The lowest BCUT2D eigenvalue weighted by molar-refractivity contribution is -0.358. The number of benzene rings is 1. The molecule has 9 heteroatoms. The number of fused-ring (bicyclic) bond motifs is 2. The summed E-state index contributed by atoms with van der Waals surface area (Å²) in [7, 11) is 1.52. The van der Waals surface area contributed by atoms with E-state index in [0.29, 0.717) is 42.5 Å². The summed E-state index contributed by atoms with van der Waals surface area (Å²) < 4.78 is 38.2. The average molecular weight is 490 g/mol. The monoisotopic (exact) mass is 488 g/mol. The number of hydrogen-bond acceptors (Lipinski definition) is 1. The lowest BCUT2D eigenvalue weighted by Gasteiger charge is -2.32. The van der Waals surface area contributed by atoms with Gasteiger partial charge in [-0.3, -0.25) is 0 Å². The van der Waals surface area contributed by atoms with Crippen molar-refractivity contribution in [2.24, 2.45) is 0 Å². The van der Waals surface area contributed by atoms with Gasteiger partial charge in [-0.15, -0.1) is 0 Å². The zero-order valence-corrected chi connectivity index (χ0v) is 16.7. The van der Waals surface area contributed by atoms with E-state index in [4.69, 9.17) is 16.3 Å². The Labute approximate surface area is 164 Å². The molecule has 0 fully saturated rings. The van der Waals surface area contributed by atoms with Gasteiger partial charge in [-0.2, -0.15) is 0 Å². The highest BCUT2D eigenvalue weighted by Gasteiger charge is 2.54. The largest absolute Gasteiger partial charge is 0.738 e. The van der Waals surface area contributed by atoms with Crippen molar-refractivity contribution >= 4 is 60.6 Å². The second-order valence-electron chi connectivity index (χ2n) is 5.61. The van der Waals surface area contributed by atoms with Gasteiger partial charge in [-0.1, -0.05) is 23.7 Å². The fraction of sp³-hybridized carbons (Fsp3) is 0.0625. The Morgan fingerprint density at radius 3 is 2.64 bits per heavy atom. The SMILES string of the molecule is COc1cccc(C2=C3C=CC(Br)=[N+]3[B-](F)(F)n3c(Br)ccc32)c1Cl. The lowest BCUT2D eigenvalue weighted by atomic mass is 9.86. The first kappa shape index (κ1) is 17.1. The van der Waals surface area contributed by atoms with E-state index in [-0.39, 0.29) is 0 Å². The van der Waals surface area contributed by atoms with Gasteiger partial charge in [0.2, 0.25) is 4.62 Å². The van der Waals surface area contributed by atoms with E-state index in [1.165, 1.54) is 7.11 Å². The number of hydrogen-bond donors (Lipinski definition) is 0. The van der Waals surface area contributed by atoms with Crippen LogP contribution in [-0.2, 0) is 0 Å². The average Bonchev–Trinajstić information content (AvgIpc) is 3.14. The summed E-state index contributed by atoms with van der Waals surface area (Å²) in [4.78, 5) is 0. The zero-order chi connectivity index (χ0) is 17.9. The molecule has 4 rings (SSSR count). The fourth-order valence-corrected chi connectivity index (χ4v) is 4.71. The van der Waals surface area contributed by atoms with Crippen LogP contribution in [-0.4, -0.2) is 27.7 Å². The molecule has 0 N–H and O–H groups in total. The molecule has 0 atom stereocenters. The molecule has 2 aliphatic heterocycles. The molecule has 0 saturated carbocycles. The van der Waals surface area contributed by atoms with Crippen molar-refractivity contribution in [3.63, 3.8) is 0 Å². The van der Waals surface area contributed by atoms with E-state index in [9.17, 15) is 0 Å². The molecule has 0 bridgehead atoms. The van der Waals surface area contributed by atoms with Gasteiger partial charge in [0.15, 0.2) is 5.70 Å². The second kappa shape index (κ2) is 5.82. The molecule has 3 nitrogen and oxygen atoms in total. The van der Waals surface area contributed by atoms with E-state index in [1.807, 2.05) is 0 Å². The van der Waals surface area contributed by atoms with Gasteiger partial charge in [-0.05, 0) is 34.1 Å². The second-order valence-corrected chi connectivity index (χ2v) is 7.61. The Morgan fingerprint density at radius 1 is 1.16 bits per heavy atom. The van der Waals surface area contributed by atoms with Gasteiger partial charge >= 0.3 is 6.97 Å². The van der Waals surface area contributed by atoms with Gasteiger partial charge < -0.3 is 22.3 Å². The number of aromatic nitrogens is 1.